The minimum atomic E-state index is -0.826. The van der Waals surface area contributed by atoms with Gasteiger partial charge in [-0.2, -0.15) is 0 Å². The van der Waals surface area contributed by atoms with E-state index in [0.717, 1.165) is 16.7 Å². The average Bonchev–Trinajstić information content (AvgIpc) is 2.33. The first-order valence-corrected chi connectivity index (χ1v) is 6.96. The second kappa shape index (κ2) is 5.85. The van der Waals surface area contributed by atoms with E-state index in [1.54, 1.807) is 12.1 Å². The molecule has 0 fully saturated rings. The summed E-state index contributed by atoms with van der Waals surface area (Å²) >= 11 is 3.21. The first kappa shape index (κ1) is 14.2. The summed E-state index contributed by atoms with van der Waals surface area (Å²) in [5.74, 6) is -0.381. The highest BCUT2D eigenvalue weighted by atomic mass is 79.9. The summed E-state index contributed by atoms with van der Waals surface area (Å²) in [4.78, 5) is 0. The third-order valence-electron chi connectivity index (χ3n) is 3.36. The molecule has 19 heavy (non-hydrogen) atoms. The number of benzene rings is 2. The normalized spacial score (nSPS) is 12.5. The molecule has 100 valence electrons. The molecule has 0 aliphatic carbocycles. The number of hydrogen-bond donors (Lipinski definition) is 1. The molecule has 0 heterocycles. The summed E-state index contributed by atoms with van der Waals surface area (Å²) in [5, 5.41) is 10.2. The lowest BCUT2D eigenvalue weighted by atomic mass is 9.94. The van der Waals surface area contributed by atoms with Gasteiger partial charge in [0.25, 0.3) is 0 Å². The van der Waals surface area contributed by atoms with E-state index in [-0.39, 0.29) is 5.82 Å². The first-order chi connectivity index (χ1) is 8.99. The van der Waals surface area contributed by atoms with Crippen LogP contribution >= 0.6 is 15.9 Å². The second-order valence-electron chi connectivity index (χ2n) is 4.76. The molecule has 0 saturated heterocycles. The van der Waals surface area contributed by atoms with Crippen LogP contribution < -0.4 is 0 Å². The molecular formula is C16H16BrFO. The number of aliphatic hydroxyl groups excluding tert-OH is 1. The maximum Gasteiger partial charge on any atom is 0.130 e. The van der Waals surface area contributed by atoms with E-state index in [0.29, 0.717) is 16.5 Å². The smallest absolute Gasteiger partial charge is 0.130 e. The predicted octanol–water partition coefficient (Wildman–Crippen LogP) is 4.48. The highest BCUT2D eigenvalue weighted by Gasteiger charge is 2.15. The quantitative estimate of drug-likeness (QED) is 0.883. The van der Waals surface area contributed by atoms with Gasteiger partial charge in [0, 0.05) is 16.5 Å². The third-order valence-corrected chi connectivity index (χ3v) is 3.86. The Balaban J connectivity index is 2.28. The molecule has 0 saturated carbocycles. The Hall–Kier alpha value is -1.19. The molecule has 1 atom stereocenters. The van der Waals surface area contributed by atoms with Crippen molar-refractivity contribution in [3.05, 3.63) is 68.9 Å². The highest BCUT2D eigenvalue weighted by Crippen LogP contribution is 2.26. The molecule has 2 rings (SSSR count). The van der Waals surface area contributed by atoms with Crippen molar-refractivity contribution < 1.29 is 9.50 Å². The molecule has 0 aliphatic heterocycles. The van der Waals surface area contributed by atoms with Crippen molar-refractivity contribution in [1.82, 2.24) is 0 Å². The number of halogens is 2. The molecule has 0 aromatic heterocycles. The molecule has 3 heteroatoms. The zero-order chi connectivity index (χ0) is 14.0. The summed E-state index contributed by atoms with van der Waals surface area (Å²) in [6.45, 7) is 4.01. The molecule has 0 amide bonds. The first-order valence-electron chi connectivity index (χ1n) is 6.17. The third kappa shape index (κ3) is 3.23. The Labute approximate surface area is 121 Å². The maximum absolute atomic E-state index is 13.8. The van der Waals surface area contributed by atoms with Crippen molar-refractivity contribution in [2.75, 3.05) is 0 Å². The largest absolute Gasteiger partial charge is 0.388 e. The van der Waals surface area contributed by atoms with Gasteiger partial charge >= 0.3 is 0 Å². The van der Waals surface area contributed by atoms with Gasteiger partial charge in [-0.3, -0.25) is 0 Å². The molecule has 1 nitrogen and oxygen atoms in total. The van der Waals surface area contributed by atoms with Gasteiger partial charge in [0.15, 0.2) is 0 Å². The van der Waals surface area contributed by atoms with Crippen molar-refractivity contribution in [1.29, 1.82) is 0 Å². The van der Waals surface area contributed by atoms with E-state index in [2.05, 4.69) is 15.9 Å². The van der Waals surface area contributed by atoms with Crippen molar-refractivity contribution in [3.63, 3.8) is 0 Å². The zero-order valence-electron chi connectivity index (χ0n) is 11.0. The minimum Gasteiger partial charge on any atom is -0.388 e. The predicted molar refractivity (Wildman–Crippen MR) is 78.7 cm³/mol. The summed E-state index contributed by atoms with van der Waals surface area (Å²) in [5.41, 5.74) is 3.66. The SMILES string of the molecule is Cc1cccc(C)c1CC(O)c1ccc(Br)cc1F. The average molecular weight is 323 g/mol. The number of aryl methyl sites for hydroxylation is 2. The molecule has 2 aromatic rings. The Morgan fingerprint density at radius 3 is 2.37 bits per heavy atom. The van der Waals surface area contributed by atoms with Gasteiger partial charge in [-0.05, 0) is 42.7 Å². The van der Waals surface area contributed by atoms with Crippen molar-refractivity contribution in [3.8, 4) is 0 Å². The van der Waals surface area contributed by atoms with E-state index < -0.39 is 6.10 Å². The Morgan fingerprint density at radius 1 is 1.16 bits per heavy atom. The lowest BCUT2D eigenvalue weighted by Crippen LogP contribution is -2.07. The van der Waals surface area contributed by atoms with E-state index in [4.69, 9.17) is 0 Å². The summed E-state index contributed by atoms with van der Waals surface area (Å²) < 4.78 is 14.5. The fourth-order valence-corrected chi connectivity index (χ4v) is 2.58. The fourth-order valence-electron chi connectivity index (χ4n) is 2.25. The molecule has 1 unspecified atom stereocenters. The summed E-state index contributed by atoms with van der Waals surface area (Å²) in [7, 11) is 0. The Bertz CT molecular complexity index is 575. The van der Waals surface area contributed by atoms with Gasteiger partial charge in [0.05, 0.1) is 6.10 Å². The van der Waals surface area contributed by atoms with E-state index >= 15 is 0 Å². The number of aliphatic hydroxyl groups is 1. The lowest BCUT2D eigenvalue weighted by Gasteiger charge is -2.16. The summed E-state index contributed by atoms with van der Waals surface area (Å²) in [6, 6.07) is 10.7. The van der Waals surface area contributed by atoms with Gasteiger partial charge < -0.3 is 5.11 Å². The molecule has 0 aliphatic rings. The minimum absolute atomic E-state index is 0.339. The molecule has 1 N–H and O–H groups in total. The van der Waals surface area contributed by atoms with Crippen LogP contribution in [0.1, 0.15) is 28.4 Å². The van der Waals surface area contributed by atoms with Crippen LogP contribution in [0.3, 0.4) is 0 Å². The molecule has 0 bridgehead atoms. The van der Waals surface area contributed by atoms with Crippen LogP contribution in [0, 0.1) is 19.7 Å². The van der Waals surface area contributed by atoms with Crippen LogP contribution in [0.5, 0.6) is 0 Å². The maximum atomic E-state index is 13.8. The monoisotopic (exact) mass is 322 g/mol. The van der Waals surface area contributed by atoms with Gasteiger partial charge in [-0.25, -0.2) is 4.39 Å². The van der Waals surface area contributed by atoms with Gasteiger partial charge in [0.2, 0.25) is 0 Å². The lowest BCUT2D eigenvalue weighted by molar-refractivity contribution is 0.173. The van der Waals surface area contributed by atoms with Crippen LogP contribution in [-0.4, -0.2) is 5.11 Å². The Kier molecular flexibility index (Phi) is 4.38. The van der Waals surface area contributed by atoms with Crippen molar-refractivity contribution >= 4 is 15.9 Å². The van der Waals surface area contributed by atoms with E-state index in [9.17, 15) is 9.50 Å². The zero-order valence-corrected chi connectivity index (χ0v) is 12.5. The second-order valence-corrected chi connectivity index (χ2v) is 5.67. The molecule has 2 aromatic carbocycles. The van der Waals surface area contributed by atoms with Crippen LogP contribution in [0.4, 0.5) is 4.39 Å². The fraction of sp³-hybridized carbons (Fsp3) is 0.250. The molecular weight excluding hydrogens is 307 g/mol. The van der Waals surface area contributed by atoms with Crippen LogP contribution in [-0.2, 0) is 6.42 Å². The summed E-state index contributed by atoms with van der Waals surface area (Å²) in [6.07, 6.45) is -0.398. The van der Waals surface area contributed by atoms with Crippen LogP contribution in [0.15, 0.2) is 40.9 Å². The standard InChI is InChI=1S/C16H16BrFO/c1-10-4-3-5-11(2)14(10)9-16(19)13-7-6-12(17)8-15(13)18/h3-8,16,19H,9H2,1-2H3. The van der Waals surface area contributed by atoms with E-state index in [1.807, 2.05) is 32.0 Å². The number of hydrogen-bond acceptors (Lipinski definition) is 1. The Morgan fingerprint density at radius 2 is 1.79 bits per heavy atom. The van der Waals surface area contributed by atoms with Gasteiger partial charge in [0.1, 0.15) is 5.82 Å². The molecule has 0 radical (unpaired) electrons. The van der Waals surface area contributed by atoms with Gasteiger partial charge in [-0.1, -0.05) is 40.2 Å². The topological polar surface area (TPSA) is 20.2 Å². The van der Waals surface area contributed by atoms with Gasteiger partial charge in [-0.15, -0.1) is 0 Å². The highest BCUT2D eigenvalue weighted by molar-refractivity contribution is 9.10. The number of rotatable bonds is 3. The van der Waals surface area contributed by atoms with Crippen LogP contribution in [0.2, 0.25) is 0 Å². The van der Waals surface area contributed by atoms with Crippen molar-refractivity contribution in [2.24, 2.45) is 0 Å². The van der Waals surface area contributed by atoms with Crippen molar-refractivity contribution in [2.45, 2.75) is 26.4 Å². The molecule has 0 spiro atoms. The van der Waals surface area contributed by atoms with Crippen LogP contribution in [0.25, 0.3) is 0 Å². The van der Waals surface area contributed by atoms with E-state index in [1.165, 1.54) is 6.07 Å².